The third-order valence-corrected chi connectivity index (χ3v) is 5.86. The summed E-state index contributed by atoms with van der Waals surface area (Å²) in [6, 6.07) is 14.5. The van der Waals surface area contributed by atoms with Crippen LogP contribution in [0.15, 0.2) is 48.5 Å². The van der Waals surface area contributed by atoms with Crippen LogP contribution in [-0.2, 0) is 9.59 Å². The number of benzene rings is 2. The molecule has 0 aromatic heterocycles. The van der Waals surface area contributed by atoms with Crippen molar-refractivity contribution in [3.05, 3.63) is 59.7 Å². The number of hydrogen-bond donors (Lipinski definition) is 2. The molecule has 3 amide bonds. The lowest BCUT2D eigenvalue weighted by atomic mass is 10.1. The maximum absolute atomic E-state index is 12.7. The Hall–Kier alpha value is -3.19. The van der Waals surface area contributed by atoms with E-state index in [9.17, 15) is 14.4 Å². The maximum Gasteiger partial charge on any atom is 0.251 e. The largest absolute Gasteiger partial charge is 0.351 e. The number of hydrogen-bond acceptors (Lipinski definition) is 4. The topological polar surface area (TPSA) is 81.8 Å². The third-order valence-electron chi connectivity index (χ3n) is 5.86. The molecule has 1 aliphatic rings. The Morgan fingerprint density at radius 1 is 1.03 bits per heavy atom. The molecule has 7 heteroatoms. The number of amides is 3. The number of likely N-dealkylation sites (N-methyl/N-ethyl adjacent to an activating group) is 1. The predicted octanol–water partition coefficient (Wildman–Crippen LogP) is 3.06. The van der Waals surface area contributed by atoms with E-state index in [1.54, 1.807) is 29.2 Å². The Morgan fingerprint density at radius 2 is 1.69 bits per heavy atom. The number of anilines is 2. The predicted molar refractivity (Wildman–Crippen MR) is 127 cm³/mol. The van der Waals surface area contributed by atoms with E-state index in [0.29, 0.717) is 24.3 Å². The Morgan fingerprint density at radius 3 is 2.31 bits per heavy atom. The highest BCUT2D eigenvalue weighted by atomic mass is 16.2. The number of nitrogens with zero attached hydrogens (tertiary/aromatic N) is 2. The second kappa shape index (κ2) is 10.9. The number of carbonyl (C=O) groups is 3. The molecule has 170 valence electrons. The zero-order valence-corrected chi connectivity index (χ0v) is 19.1. The van der Waals surface area contributed by atoms with E-state index in [4.69, 9.17) is 0 Å². The van der Waals surface area contributed by atoms with Gasteiger partial charge in [0, 0.05) is 43.0 Å². The van der Waals surface area contributed by atoms with Crippen molar-refractivity contribution in [2.75, 3.05) is 42.9 Å². The van der Waals surface area contributed by atoms with Gasteiger partial charge in [0.15, 0.2) is 0 Å². The summed E-state index contributed by atoms with van der Waals surface area (Å²) in [7, 11) is 0. The minimum atomic E-state index is -0.410. The molecule has 32 heavy (non-hydrogen) atoms. The maximum atomic E-state index is 12.7. The van der Waals surface area contributed by atoms with Gasteiger partial charge in [-0.25, -0.2) is 0 Å². The first-order valence-electron chi connectivity index (χ1n) is 11.2. The molecule has 3 rings (SSSR count). The summed E-state index contributed by atoms with van der Waals surface area (Å²) in [4.78, 5) is 41.3. The molecule has 7 nitrogen and oxygen atoms in total. The number of nitrogens with one attached hydrogen (secondary N) is 2. The first-order chi connectivity index (χ1) is 15.4. The van der Waals surface area contributed by atoms with Crippen molar-refractivity contribution < 1.29 is 14.4 Å². The first-order valence-corrected chi connectivity index (χ1v) is 11.2. The van der Waals surface area contributed by atoms with Gasteiger partial charge in [-0.15, -0.1) is 0 Å². The van der Waals surface area contributed by atoms with Gasteiger partial charge >= 0.3 is 0 Å². The Kier molecular flexibility index (Phi) is 8.00. The summed E-state index contributed by atoms with van der Waals surface area (Å²) >= 11 is 0. The van der Waals surface area contributed by atoms with Crippen molar-refractivity contribution in [3.63, 3.8) is 0 Å². The first kappa shape index (κ1) is 23.5. The molecule has 0 radical (unpaired) electrons. The van der Waals surface area contributed by atoms with Crippen LogP contribution in [0.4, 0.5) is 11.4 Å². The SMILES string of the molecule is CCN(CC)CCNC(=O)c1ccc(NC(=O)C2CC(=O)N(c3ccc(C)cc3)C2)cc1. The highest BCUT2D eigenvalue weighted by Gasteiger charge is 2.35. The summed E-state index contributed by atoms with van der Waals surface area (Å²) in [6.07, 6.45) is 0.187. The van der Waals surface area contributed by atoms with Gasteiger partial charge in [-0.1, -0.05) is 31.5 Å². The zero-order chi connectivity index (χ0) is 23.1. The lowest BCUT2D eigenvalue weighted by Crippen LogP contribution is -2.34. The normalized spacial score (nSPS) is 15.8. The van der Waals surface area contributed by atoms with Crippen LogP contribution in [0.25, 0.3) is 0 Å². The fourth-order valence-corrected chi connectivity index (χ4v) is 3.78. The Labute approximate surface area is 189 Å². The Bertz CT molecular complexity index is 937. The zero-order valence-electron chi connectivity index (χ0n) is 19.1. The molecule has 2 aromatic rings. The molecule has 1 aliphatic heterocycles. The lowest BCUT2D eigenvalue weighted by Gasteiger charge is -2.18. The van der Waals surface area contributed by atoms with Gasteiger partial charge in [0.1, 0.15) is 0 Å². The van der Waals surface area contributed by atoms with Crippen LogP contribution >= 0.6 is 0 Å². The summed E-state index contributed by atoms with van der Waals surface area (Å²) < 4.78 is 0. The number of aryl methyl sites for hydroxylation is 1. The fraction of sp³-hybridized carbons (Fsp3) is 0.400. The molecule has 0 spiro atoms. The van der Waals surface area contributed by atoms with Crippen LogP contribution in [0.3, 0.4) is 0 Å². The molecule has 1 heterocycles. The van der Waals surface area contributed by atoms with Crippen molar-refractivity contribution in [2.45, 2.75) is 27.2 Å². The second-order valence-corrected chi connectivity index (χ2v) is 8.09. The summed E-state index contributed by atoms with van der Waals surface area (Å²) in [5.41, 5.74) is 3.09. The van der Waals surface area contributed by atoms with Gasteiger partial charge in [-0.2, -0.15) is 0 Å². The van der Waals surface area contributed by atoms with Crippen molar-refractivity contribution in [1.82, 2.24) is 10.2 Å². The van der Waals surface area contributed by atoms with E-state index in [1.165, 1.54) is 0 Å². The van der Waals surface area contributed by atoms with Gasteiger partial charge < -0.3 is 20.4 Å². The molecular weight excluding hydrogens is 404 g/mol. The highest BCUT2D eigenvalue weighted by Crippen LogP contribution is 2.26. The average Bonchev–Trinajstić information content (AvgIpc) is 3.19. The lowest BCUT2D eigenvalue weighted by molar-refractivity contribution is -0.122. The quantitative estimate of drug-likeness (QED) is 0.633. The molecule has 1 atom stereocenters. The fourth-order valence-electron chi connectivity index (χ4n) is 3.78. The van der Waals surface area contributed by atoms with E-state index in [1.807, 2.05) is 31.2 Å². The Balaban J connectivity index is 1.52. The van der Waals surface area contributed by atoms with Crippen LogP contribution in [-0.4, -0.2) is 55.3 Å². The van der Waals surface area contributed by atoms with Crippen LogP contribution in [0.5, 0.6) is 0 Å². The van der Waals surface area contributed by atoms with Crippen molar-refractivity contribution in [2.24, 2.45) is 5.92 Å². The van der Waals surface area contributed by atoms with Gasteiger partial charge in [0.2, 0.25) is 11.8 Å². The summed E-state index contributed by atoms with van der Waals surface area (Å²) in [5, 5.41) is 5.79. The monoisotopic (exact) mass is 436 g/mol. The van der Waals surface area contributed by atoms with Gasteiger partial charge in [-0.05, 0) is 56.4 Å². The van der Waals surface area contributed by atoms with Crippen LogP contribution in [0.2, 0.25) is 0 Å². The number of carbonyl (C=O) groups excluding carboxylic acids is 3. The molecular formula is C25H32N4O3. The smallest absolute Gasteiger partial charge is 0.251 e. The molecule has 1 fully saturated rings. The molecule has 0 bridgehead atoms. The minimum absolute atomic E-state index is 0.0502. The molecule has 0 aliphatic carbocycles. The van der Waals surface area contributed by atoms with Crippen LogP contribution < -0.4 is 15.5 Å². The number of rotatable bonds is 9. The summed E-state index contributed by atoms with van der Waals surface area (Å²) in [6.45, 7) is 9.86. The molecule has 1 saturated heterocycles. The second-order valence-electron chi connectivity index (χ2n) is 8.09. The standard InChI is InChI=1S/C25H32N4O3/c1-4-28(5-2)15-14-26-24(31)19-8-10-21(11-9-19)27-25(32)20-16-23(30)29(17-20)22-12-6-18(3)7-13-22/h6-13,20H,4-5,14-17H2,1-3H3,(H,26,31)(H,27,32). The molecule has 1 unspecified atom stereocenters. The average molecular weight is 437 g/mol. The van der Waals surface area contributed by atoms with Crippen molar-refractivity contribution >= 4 is 29.1 Å². The van der Waals surface area contributed by atoms with Crippen molar-refractivity contribution in [1.29, 1.82) is 0 Å². The summed E-state index contributed by atoms with van der Waals surface area (Å²) in [5.74, 6) is -0.785. The van der Waals surface area contributed by atoms with E-state index < -0.39 is 5.92 Å². The minimum Gasteiger partial charge on any atom is -0.351 e. The highest BCUT2D eigenvalue weighted by molar-refractivity contribution is 6.03. The molecule has 2 N–H and O–H groups in total. The molecule has 2 aromatic carbocycles. The van der Waals surface area contributed by atoms with Gasteiger partial charge in [-0.3, -0.25) is 14.4 Å². The van der Waals surface area contributed by atoms with E-state index in [0.717, 1.165) is 30.9 Å². The third kappa shape index (κ3) is 5.95. The van der Waals surface area contributed by atoms with E-state index in [-0.39, 0.29) is 24.1 Å². The van der Waals surface area contributed by atoms with Gasteiger partial charge in [0.05, 0.1) is 5.92 Å². The van der Waals surface area contributed by atoms with E-state index in [2.05, 4.69) is 29.4 Å². The molecule has 0 saturated carbocycles. The van der Waals surface area contributed by atoms with Crippen LogP contribution in [0, 0.1) is 12.8 Å². The van der Waals surface area contributed by atoms with E-state index >= 15 is 0 Å². The van der Waals surface area contributed by atoms with Crippen molar-refractivity contribution in [3.8, 4) is 0 Å². The van der Waals surface area contributed by atoms with Gasteiger partial charge in [0.25, 0.3) is 5.91 Å². The van der Waals surface area contributed by atoms with Crippen LogP contribution in [0.1, 0.15) is 36.2 Å².